The fraction of sp³-hybridized carbons (Fsp3) is 0.882. The number of hydrogen-bond donors (Lipinski definition) is 1. The maximum atomic E-state index is 3.71. The first-order chi connectivity index (χ1) is 8.95. The van der Waals surface area contributed by atoms with Crippen LogP contribution in [0.3, 0.4) is 0 Å². The van der Waals surface area contributed by atoms with Gasteiger partial charge in [-0.1, -0.05) is 43.8 Å². The Morgan fingerprint density at radius 2 is 1.72 bits per heavy atom. The van der Waals surface area contributed by atoms with E-state index < -0.39 is 0 Å². The van der Waals surface area contributed by atoms with Crippen molar-refractivity contribution in [2.75, 3.05) is 13.1 Å². The maximum Gasteiger partial charge on any atom is -0.00115 e. The topological polar surface area (TPSA) is 12.0 Å². The Hall–Kier alpha value is -0.300. The molecule has 0 aromatic rings. The highest BCUT2D eigenvalue weighted by Gasteiger charge is 2.10. The smallest absolute Gasteiger partial charge is 0.00115 e. The molecule has 0 atom stereocenters. The predicted molar refractivity (Wildman–Crippen MR) is 79.8 cm³/mol. The molecule has 104 valence electrons. The van der Waals surface area contributed by atoms with E-state index in [1.165, 1.54) is 90.1 Å². The lowest BCUT2D eigenvalue weighted by Gasteiger charge is -2.20. The first kappa shape index (κ1) is 14.1. The van der Waals surface area contributed by atoms with Crippen molar-refractivity contribution in [1.29, 1.82) is 0 Å². The van der Waals surface area contributed by atoms with Crippen LogP contribution in [0.2, 0.25) is 0 Å². The molecular weight excluding hydrogens is 218 g/mol. The van der Waals surface area contributed by atoms with E-state index in [-0.39, 0.29) is 0 Å². The highest BCUT2D eigenvalue weighted by Crippen LogP contribution is 2.22. The molecule has 2 rings (SSSR count). The van der Waals surface area contributed by atoms with Gasteiger partial charge in [0.1, 0.15) is 0 Å². The van der Waals surface area contributed by atoms with Gasteiger partial charge in [-0.25, -0.2) is 0 Å². The molecule has 2 aliphatic rings. The minimum atomic E-state index is 0.964. The summed E-state index contributed by atoms with van der Waals surface area (Å²) < 4.78 is 0. The van der Waals surface area contributed by atoms with E-state index >= 15 is 0 Å². The van der Waals surface area contributed by atoms with E-state index in [1.807, 2.05) is 0 Å². The number of hydrogen-bond acceptors (Lipinski definition) is 1. The third kappa shape index (κ3) is 5.56. The Bertz CT molecular complexity index is 236. The Morgan fingerprint density at radius 3 is 2.44 bits per heavy atom. The molecule has 1 nitrogen and oxygen atoms in total. The van der Waals surface area contributed by atoms with Crippen LogP contribution in [0.4, 0.5) is 0 Å². The van der Waals surface area contributed by atoms with Gasteiger partial charge in [0.2, 0.25) is 0 Å². The lowest BCUT2D eigenvalue weighted by Crippen LogP contribution is -2.24. The van der Waals surface area contributed by atoms with Gasteiger partial charge in [-0.2, -0.15) is 0 Å². The summed E-state index contributed by atoms with van der Waals surface area (Å²) in [7, 11) is 0. The fourth-order valence-corrected chi connectivity index (χ4v) is 3.43. The second-order valence-corrected chi connectivity index (χ2v) is 6.27. The van der Waals surface area contributed by atoms with Crippen LogP contribution in [0.1, 0.15) is 77.0 Å². The second kappa shape index (κ2) is 8.74. The summed E-state index contributed by atoms with van der Waals surface area (Å²) in [6, 6.07) is 0. The molecule has 0 aliphatic heterocycles. The molecule has 0 heterocycles. The first-order valence-corrected chi connectivity index (χ1v) is 8.34. The third-order valence-corrected chi connectivity index (χ3v) is 4.67. The molecule has 1 N–H and O–H groups in total. The van der Waals surface area contributed by atoms with Crippen molar-refractivity contribution in [3.05, 3.63) is 11.6 Å². The van der Waals surface area contributed by atoms with Gasteiger partial charge in [0.05, 0.1) is 0 Å². The number of allylic oxidation sites excluding steroid dienone is 1. The molecule has 1 heteroatoms. The van der Waals surface area contributed by atoms with Crippen LogP contribution in [0.5, 0.6) is 0 Å². The van der Waals surface area contributed by atoms with Crippen LogP contribution in [-0.4, -0.2) is 13.1 Å². The standard InChI is InChI=1S/C17H31N/c1-2-5-11-17(12-6-3-1)15-18-14-13-16-9-7-4-8-10-16/h9,17-18H,1-8,10-15H2. The molecule has 0 spiro atoms. The van der Waals surface area contributed by atoms with E-state index in [9.17, 15) is 0 Å². The van der Waals surface area contributed by atoms with Gasteiger partial charge in [0.15, 0.2) is 0 Å². The third-order valence-electron chi connectivity index (χ3n) is 4.67. The summed E-state index contributed by atoms with van der Waals surface area (Å²) in [5.74, 6) is 0.964. The van der Waals surface area contributed by atoms with Crippen LogP contribution in [-0.2, 0) is 0 Å². The average Bonchev–Trinajstić information content (AvgIpc) is 2.38. The molecule has 2 aliphatic carbocycles. The van der Waals surface area contributed by atoms with Gasteiger partial charge in [0, 0.05) is 0 Å². The lowest BCUT2D eigenvalue weighted by molar-refractivity contribution is 0.361. The van der Waals surface area contributed by atoms with Gasteiger partial charge in [-0.3, -0.25) is 0 Å². The summed E-state index contributed by atoms with van der Waals surface area (Å²) >= 11 is 0. The van der Waals surface area contributed by atoms with Gasteiger partial charge in [-0.15, -0.1) is 0 Å². The van der Waals surface area contributed by atoms with Crippen molar-refractivity contribution in [3.63, 3.8) is 0 Å². The van der Waals surface area contributed by atoms with Gasteiger partial charge < -0.3 is 5.32 Å². The van der Waals surface area contributed by atoms with Crippen LogP contribution >= 0.6 is 0 Å². The molecule has 0 amide bonds. The maximum absolute atomic E-state index is 3.71. The van der Waals surface area contributed by atoms with Crippen LogP contribution in [0.15, 0.2) is 11.6 Å². The van der Waals surface area contributed by atoms with Crippen LogP contribution in [0.25, 0.3) is 0 Å². The summed E-state index contributed by atoms with van der Waals surface area (Å²) in [5.41, 5.74) is 1.71. The first-order valence-electron chi connectivity index (χ1n) is 8.34. The largest absolute Gasteiger partial charge is 0.316 e. The molecule has 0 bridgehead atoms. The molecule has 0 aromatic carbocycles. The zero-order valence-electron chi connectivity index (χ0n) is 12.1. The normalized spacial score (nSPS) is 23.2. The van der Waals surface area contributed by atoms with E-state index in [0.29, 0.717) is 0 Å². The van der Waals surface area contributed by atoms with E-state index in [2.05, 4.69) is 11.4 Å². The predicted octanol–water partition coefficient (Wildman–Crippen LogP) is 4.83. The van der Waals surface area contributed by atoms with Gasteiger partial charge in [0.25, 0.3) is 0 Å². The van der Waals surface area contributed by atoms with E-state index in [4.69, 9.17) is 0 Å². The van der Waals surface area contributed by atoms with Crippen LogP contribution < -0.4 is 5.32 Å². The van der Waals surface area contributed by atoms with Crippen molar-refractivity contribution >= 4 is 0 Å². The zero-order valence-corrected chi connectivity index (χ0v) is 12.1. The molecular formula is C17H31N. The van der Waals surface area contributed by atoms with Crippen molar-refractivity contribution < 1.29 is 0 Å². The van der Waals surface area contributed by atoms with Gasteiger partial charge >= 0.3 is 0 Å². The Balaban J connectivity index is 1.54. The minimum Gasteiger partial charge on any atom is -0.316 e. The van der Waals surface area contributed by atoms with Crippen molar-refractivity contribution in [2.24, 2.45) is 5.92 Å². The lowest BCUT2D eigenvalue weighted by atomic mass is 9.91. The Labute approximate surface area is 113 Å². The Morgan fingerprint density at radius 1 is 0.944 bits per heavy atom. The molecule has 1 fully saturated rings. The Kier molecular flexibility index (Phi) is 6.86. The minimum absolute atomic E-state index is 0.964. The quantitative estimate of drug-likeness (QED) is 0.544. The summed E-state index contributed by atoms with van der Waals surface area (Å²) in [6.07, 6.45) is 19.6. The van der Waals surface area contributed by atoms with Crippen LogP contribution in [0, 0.1) is 5.92 Å². The number of rotatable bonds is 5. The van der Waals surface area contributed by atoms with E-state index in [0.717, 1.165) is 5.92 Å². The van der Waals surface area contributed by atoms with Gasteiger partial charge in [-0.05, 0) is 64.0 Å². The summed E-state index contributed by atoms with van der Waals surface area (Å²) in [5, 5.41) is 3.71. The molecule has 18 heavy (non-hydrogen) atoms. The van der Waals surface area contributed by atoms with Crippen molar-refractivity contribution in [2.45, 2.75) is 77.0 Å². The second-order valence-electron chi connectivity index (χ2n) is 6.27. The molecule has 0 aromatic heterocycles. The summed E-state index contributed by atoms with van der Waals surface area (Å²) in [6.45, 7) is 2.48. The highest BCUT2D eigenvalue weighted by molar-refractivity contribution is 5.05. The zero-order chi connectivity index (χ0) is 12.5. The monoisotopic (exact) mass is 249 g/mol. The molecule has 0 radical (unpaired) electrons. The SMILES string of the molecule is C1=C(CCNCC2CCCCCCC2)CCCC1. The average molecular weight is 249 g/mol. The molecule has 0 saturated heterocycles. The van der Waals surface area contributed by atoms with E-state index in [1.54, 1.807) is 5.57 Å². The molecule has 0 unspecified atom stereocenters. The fourth-order valence-electron chi connectivity index (χ4n) is 3.43. The summed E-state index contributed by atoms with van der Waals surface area (Å²) in [4.78, 5) is 0. The highest BCUT2D eigenvalue weighted by atomic mass is 14.9. The molecule has 1 saturated carbocycles. The van der Waals surface area contributed by atoms with Crippen molar-refractivity contribution in [3.8, 4) is 0 Å². The number of nitrogens with one attached hydrogen (secondary N) is 1. The van der Waals surface area contributed by atoms with Crippen molar-refractivity contribution in [1.82, 2.24) is 5.32 Å².